The third kappa shape index (κ3) is 4.36. The number of halogens is 3. The van der Waals surface area contributed by atoms with E-state index in [4.69, 9.17) is 4.74 Å². The number of aromatic nitrogens is 3. The van der Waals surface area contributed by atoms with Gasteiger partial charge >= 0.3 is 16.4 Å². The van der Waals surface area contributed by atoms with E-state index >= 15 is 0 Å². The molecular weight excluding hydrogens is 447 g/mol. The van der Waals surface area contributed by atoms with E-state index < -0.39 is 21.9 Å². The molecule has 1 N–H and O–H groups in total. The average Bonchev–Trinajstić information content (AvgIpc) is 2.77. The minimum atomic E-state index is -4.49. The number of nitrogens with zero attached hydrogens (tertiary/aromatic N) is 4. The summed E-state index contributed by atoms with van der Waals surface area (Å²) < 4.78 is 73.6. The van der Waals surface area contributed by atoms with Crippen LogP contribution in [0, 0.1) is 0 Å². The summed E-state index contributed by atoms with van der Waals surface area (Å²) in [5.74, 6) is 0.218. The van der Waals surface area contributed by atoms with E-state index in [0.29, 0.717) is 23.2 Å². The first kappa shape index (κ1) is 22.0. The van der Waals surface area contributed by atoms with E-state index in [2.05, 4.69) is 19.7 Å². The standard InChI is InChI=1S/C20H18F3N5O3S/c1-31-18-10-13(20(21,22)23)2-3-16(18)14-4-8-25-17-11-28(9-6-15(14)17)32(29,30)27-19-5-7-24-12-26-19/h2-5,7-8,10,12H,6,9,11H2,1H3,(H,24,26,27). The third-order valence-electron chi connectivity index (χ3n) is 5.06. The number of benzene rings is 1. The Balaban J connectivity index is 1.65. The number of pyridine rings is 1. The lowest BCUT2D eigenvalue weighted by Gasteiger charge is -2.29. The Morgan fingerprint density at radius 3 is 2.59 bits per heavy atom. The Hall–Kier alpha value is -3.25. The molecule has 1 aliphatic rings. The number of nitrogens with one attached hydrogen (secondary N) is 1. The fourth-order valence-corrected chi connectivity index (χ4v) is 4.67. The highest BCUT2D eigenvalue weighted by atomic mass is 32.2. The Bertz CT molecular complexity index is 1240. The first-order chi connectivity index (χ1) is 15.2. The number of methoxy groups -OCH3 is 1. The van der Waals surface area contributed by atoms with Gasteiger partial charge in [-0.15, -0.1) is 0 Å². The van der Waals surface area contributed by atoms with Crippen LogP contribution in [0.1, 0.15) is 16.8 Å². The maximum Gasteiger partial charge on any atom is 0.416 e. The van der Waals surface area contributed by atoms with Gasteiger partial charge in [0.15, 0.2) is 0 Å². The van der Waals surface area contributed by atoms with E-state index in [9.17, 15) is 21.6 Å². The summed E-state index contributed by atoms with van der Waals surface area (Å²) in [6.07, 6.45) is -0.0160. The Labute approximate surface area is 182 Å². The highest BCUT2D eigenvalue weighted by Crippen LogP contribution is 2.39. The lowest BCUT2D eigenvalue weighted by Crippen LogP contribution is -2.40. The minimum absolute atomic E-state index is 0.00649. The summed E-state index contributed by atoms with van der Waals surface area (Å²) >= 11 is 0. The predicted octanol–water partition coefficient (Wildman–Crippen LogP) is 3.28. The fraction of sp³-hybridized carbons (Fsp3) is 0.250. The van der Waals surface area contributed by atoms with Gasteiger partial charge < -0.3 is 4.74 Å². The second-order valence-electron chi connectivity index (χ2n) is 6.98. The molecule has 1 aliphatic heterocycles. The van der Waals surface area contributed by atoms with E-state index in [1.165, 1.54) is 42.3 Å². The first-order valence-electron chi connectivity index (χ1n) is 9.45. The normalized spacial score (nSPS) is 14.6. The number of rotatable bonds is 5. The maximum absolute atomic E-state index is 13.1. The molecule has 0 bridgehead atoms. The van der Waals surface area contributed by atoms with Crippen LogP contribution in [0.15, 0.2) is 49.1 Å². The minimum Gasteiger partial charge on any atom is -0.496 e. The number of anilines is 1. The average molecular weight is 465 g/mol. The smallest absolute Gasteiger partial charge is 0.416 e. The van der Waals surface area contributed by atoms with Crippen LogP contribution in [-0.4, -0.2) is 41.3 Å². The zero-order chi connectivity index (χ0) is 22.9. The molecule has 3 aromatic rings. The number of ether oxygens (including phenoxy) is 1. The molecule has 2 aromatic heterocycles. The third-order valence-corrected chi connectivity index (χ3v) is 6.52. The van der Waals surface area contributed by atoms with Crippen molar-refractivity contribution < 1.29 is 26.3 Å². The van der Waals surface area contributed by atoms with Crippen molar-refractivity contribution in [3.05, 3.63) is 65.9 Å². The largest absolute Gasteiger partial charge is 0.496 e. The molecule has 0 aliphatic carbocycles. The Morgan fingerprint density at radius 2 is 1.91 bits per heavy atom. The molecule has 168 valence electrons. The fourth-order valence-electron chi connectivity index (χ4n) is 3.53. The lowest BCUT2D eigenvalue weighted by molar-refractivity contribution is -0.137. The summed E-state index contributed by atoms with van der Waals surface area (Å²) in [6.45, 7) is 0.168. The molecule has 0 fully saturated rings. The topological polar surface area (TPSA) is 97.3 Å². The lowest BCUT2D eigenvalue weighted by atomic mass is 9.93. The van der Waals surface area contributed by atoms with E-state index in [-0.39, 0.29) is 24.7 Å². The predicted molar refractivity (Wildman–Crippen MR) is 110 cm³/mol. The van der Waals surface area contributed by atoms with Gasteiger partial charge in [-0.2, -0.15) is 25.9 Å². The second-order valence-corrected chi connectivity index (χ2v) is 8.65. The van der Waals surface area contributed by atoms with Crippen molar-refractivity contribution >= 4 is 16.0 Å². The van der Waals surface area contributed by atoms with Crippen LogP contribution in [-0.2, 0) is 29.4 Å². The monoisotopic (exact) mass is 465 g/mol. The molecule has 0 radical (unpaired) electrons. The molecule has 0 spiro atoms. The van der Waals surface area contributed by atoms with Crippen LogP contribution in [0.3, 0.4) is 0 Å². The molecule has 0 atom stereocenters. The summed E-state index contributed by atoms with van der Waals surface area (Å²) in [5.41, 5.74) is 1.60. The van der Waals surface area contributed by atoms with Crippen LogP contribution in [0.4, 0.5) is 19.0 Å². The number of hydrogen-bond acceptors (Lipinski definition) is 6. The summed E-state index contributed by atoms with van der Waals surface area (Å²) in [7, 11) is -2.58. The van der Waals surface area contributed by atoms with Crippen molar-refractivity contribution in [1.82, 2.24) is 19.3 Å². The molecule has 3 heterocycles. The molecule has 4 rings (SSSR count). The van der Waals surface area contributed by atoms with Crippen LogP contribution in [0.25, 0.3) is 11.1 Å². The number of fused-ring (bicyclic) bond motifs is 1. The van der Waals surface area contributed by atoms with Crippen molar-refractivity contribution in [2.45, 2.75) is 19.1 Å². The van der Waals surface area contributed by atoms with Crippen molar-refractivity contribution in [2.75, 3.05) is 18.4 Å². The molecular formula is C20H18F3N5O3S. The van der Waals surface area contributed by atoms with Crippen molar-refractivity contribution in [2.24, 2.45) is 0 Å². The van der Waals surface area contributed by atoms with Gasteiger partial charge in [-0.05, 0) is 41.8 Å². The summed E-state index contributed by atoms with van der Waals surface area (Å²) in [4.78, 5) is 11.9. The summed E-state index contributed by atoms with van der Waals surface area (Å²) in [6, 6.07) is 6.43. The van der Waals surface area contributed by atoms with Gasteiger partial charge in [0.05, 0.1) is 24.9 Å². The number of hydrogen-bond donors (Lipinski definition) is 1. The van der Waals surface area contributed by atoms with Gasteiger partial charge in [0.2, 0.25) is 0 Å². The van der Waals surface area contributed by atoms with Gasteiger partial charge in [-0.3, -0.25) is 9.71 Å². The zero-order valence-corrected chi connectivity index (χ0v) is 17.6. The van der Waals surface area contributed by atoms with E-state index in [0.717, 1.165) is 17.7 Å². The van der Waals surface area contributed by atoms with Gasteiger partial charge in [0, 0.05) is 24.5 Å². The molecule has 8 nitrogen and oxygen atoms in total. The maximum atomic E-state index is 13.1. The number of alkyl halides is 3. The summed E-state index contributed by atoms with van der Waals surface area (Å²) in [5, 5.41) is 0. The molecule has 0 saturated heterocycles. The van der Waals surface area contributed by atoms with Crippen LogP contribution in [0.2, 0.25) is 0 Å². The highest BCUT2D eigenvalue weighted by Gasteiger charge is 2.33. The van der Waals surface area contributed by atoms with Gasteiger partial charge in [-0.25, -0.2) is 9.97 Å². The second kappa shape index (κ2) is 8.36. The quantitative estimate of drug-likeness (QED) is 0.621. The zero-order valence-electron chi connectivity index (χ0n) is 16.8. The van der Waals surface area contributed by atoms with E-state index in [1.54, 1.807) is 6.07 Å². The van der Waals surface area contributed by atoms with Crippen LogP contribution < -0.4 is 9.46 Å². The first-order valence-corrected chi connectivity index (χ1v) is 10.9. The highest BCUT2D eigenvalue weighted by molar-refractivity contribution is 7.90. The van der Waals surface area contributed by atoms with Crippen molar-refractivity contribution in [3.8, 4) is 16.9 Å². The van der Waals surface area contributed by atoms with Crippen LogP contribution >= 0.6 is 0 Å². The van der Waals surface area contributed by atoms with Gasteiger partial charge in [-0.1, -0.05) is 6.07 Å². The van der Waals surface area contributed by atoms with Gasteiger partial charge in [0.25, 0.3) is 0 Å². The van der Waals surface area contributed by atoms with Crippen molar-refractivity contribution in [1.29, 1.82) is 0 Å². The molecule has 0 amide bonds. The molecule has 0 saturated carbocycles. The van der Waals surface area contributed by atoms with Gasteiger partial charge in [0.1, 0.15) is 17.9 Å². The van der Waals surface area contributed by atoms with Crippen LogP contribution in [0.5, 0.6) is 5.75 Å². The Morgan fingerprint density at radius 1 is 1.09 bits per heavy atom. The van der Waals surface area contributed by atoms with Crippen molar-refractivity contribution in [3.63, 3.8) is 0 Å². The SMILES string of the molecule is COc1cc(C(F)(F)F)ccc1-c1ccnc2c1CCN(S(=O)(=O)Nc1ccncn1)C2. The molecule has 0 unspecified atom stereocenters. The Kier molecular flexibility index (Phi) is 5.73. The molecule has 32 heavy (non-hydrogen) atoms. The van der Waals surface area contributed by atoms with E-state index in [1.807, 2.05) is 0 Å². The molecule has 12 heteroatoms. The molecule has 1 aromatic carbocycles.